The van der Waals surface area contributed by atoms with Crippen molar-refractivity contribution in [2.75, 3.05) is 0 Å². The molecule has 1 amide bonds. The first-order valence-corrected chi connectivity index (χ1v) is 9.15. The molecule has 1 aliphatic heterocycles. The van der Waals surface area contributed by atoms with Gasteiger partial charge in [-0.05, 0) is 35.8 Å². The summed E-state index contributed by atoms with van der Waals surface area (Å²) in [5, 5.41) is 0. The molecule has 4 rings (SSSR count). The molecule has 0 aromatic heterocycles. The predicted octanol–water partition coefficient (Wildman–Crippen LogP) is 3.94. The van der Waals surface area contributed by atoms with Gasteiger partial charge in [0.15, 0.2) is 5.78 Å². The average Bonchev–Trinajstić information content (AvgIpc) is 2.65. The minimum atomic E-state index is -0.264. The Kier molecular flexibility index (Phi) is 4.39. The van der Waals surface area contributed by atoms with Gasteiger partial charge in [-0.15, -0.1) is 0 Å². The summed E-state index contributed by atoms with van der Waals surface area (Å²) in [6.45, 7) is 0.536. The molecule has 2 aliphatic rings. The number of likely N-dealkylation sites (tertiary alicyclic amines) is 1. The Hall–Kier alpha value is -2.42. The Morgan fingerprint density at radius 1 is 0.920 bits per heavy atom. The zero-order chi connectivity index (χ0) is 17.2. The summed E-state index contributed by atoms with van der Waals surface area (Å²) in [6.07, 6.45) is 3.07. The molecule has 2 fully saturated rings. The second-order valence-electron chi connectivity index (χ2n) is 7.20. The van der Waals surface area contributed by atoms with E-state index in [2.05, 4.69) is 12.1 Å². The van der Waals surface area contributed by atoms with Gasteiger partial charge in [0, 0.05) is 19.4 Å². The van der Waals surface area contributed by atoms with Gasteiger partial charge in [-0.2, -0.15) is 0 Å². The molecule has 1 aliphatic carbocycles. The largest absolute Gasteiger partial charge is 0.328 e. The summed E-state index contributed by atoms with van der Waals surface area (Å²) in [7, 11) is 0. The van der Waals surface area contributed by atoms with E-state index in [1.165, 1.54) is 5.56 Å². The summed E-state index contributed by atoms with van der Waals surface area (Å²) in [4.78, 5) is 27.6. The first-order chi connectivity index (χ1) is 12.2. The number of ketones is 1. The second-order valence-corrected chi connectivity index (χ2v) is 7.20. The topological polar surface area (TPSA) is 37.4 Å². The van der Waals surface area contributed by atoms with Gasteiger partial charge >= 0.3 is 0 Å². The summed E-state index contributed by atoms with van der Waals surface area (Å²) >= 11 is 0. The van der Waals surface area contributed by atoms with Crippen molar-refractivity contribution >= 4 is 11.7 Å². The highest BCUT2D eigenvalue weighted by atomic mass is 16.2. The van der Waals surface area contributed by atoms with E-state index in [1.54, 1.807) is 0 Å². The lowest BCUT2D eigenvalue weighted by molar-refractivity contribution is -0.150. The first-order valence-electron chi connectivity index (χ1n) is 9.15. The van der Waals surface area contributed by atoms with Crippen molar-refractivity contribution in [1.82, 2.24) is 4.90 Å². The highest BCUT2D eigenvalue weighted by molar-refractivity contribution is 5.91. The van der Waals surface area contributed by atoms with Gasteiger partial charge < -0.3 is 4.90 Å². The minimum absolute atomic E-state index is 0.106. The lowest BCUT2D eigenvalue weighted by Gasteiger charge is -2.47. The maximum Gasteiger partial charge on any atom is 0.224 e. The minimum Gasteiger partial charge on any atom is -0.328 e. The molecule has 0 N–H and O–H groups in total. The number of piperidine rings is 1. The zero-order valence-electron chi connectivity index (χ0n) is 14.3. The van der Waals surface area contributed by atoms with Crippen LogP contribution in [0.15, 0.2) is 60.7 Å². The summed E-state index contributed by atoms with van der Waals surface area (Å²) in [5.41, 5.74) is 2.28. The number of fused-ring (bicyclic) bond motifs is 1. The average molecular weight is 333 g/mol. The molecule has 1 saturated heterocycles. The Labute approximate surface area is 148 Å². The maximum atomic E-state index is 13.0. The standard InChI is InChI=1S/C22H23NO2/c24-20-13-7-12-18-19(17-10-5-2-6-11-17)14-21(25)23(22(18)20)15-16-8-3-1-4-9-16/h1-6,8-11,18-19,22H,7,12-15H2. The second kappa shape index (κ2) is 6.83. The van der Waals surface area contributed by atoms with Gasteiger partial charge in [0.2, 0.25) is 5.91 Å². The van der Waals surface area contributed by atoms with Crippen LogP contribution in [0.25, 0.3) is 0 Å². The van der Waals surface area contributed by atoms with E-state index in [9.17, 15) is 9.59 Å². The molecule has 3 atom stereocenters. The van der Waals surface area contributed by atoms with Gasteiger partial charge in [0.05, 0.1) is 6.04 Å². The molecule has 1 saturated carbocycles. The summed E-state index contributed by atoms with van der Waals surface area (Å²) in [5.74, 6) is 0.746. The smallest absolute Gasteiger partial charge is 0.224 e. The molecule has 1 heterocycles. The molecule has 2 aromatic rings. The van der Waals surface area contributed by atoms with Crippen molar-refractivity contribution in [1.29, 1.82) is 0 Å². The van der Waals surface area contributed by atoms with Gasteiger partial charge in [-0.1, -0.05) is 60.7 Å². The molecule has 128 valence electrons. The van der Waals surface area contributed by atoms with E-state index in [0.717, 1.165) is 18.4 Å². The number of rotatable bonds is 3. The third-order valence-electron chi connectivity index (χ3n) is 5.69. The predicted molar refractivity (Wildman–Crippen MR) is 96.9 cm³/mol. The van der Waals surface area contributed by atoms with Gasteiger partial charge in [-0.3, -0.25) is 9.59 Å². The van der Waals surface area contributed by atoms with E-state index in [4.69, 9.17) is 0 Å². The quantitative estimate of drug-likeness (QED) is 0.853. The van der Waals surface area contributed by atoms with Crippen LogP contribution in [-0.4, -0.2) is 22.6 Å². The van der Waals surface area contributed by atoms with Crippen molar-refractivity contribution in [2.45, 2.75) is 44.2 Å². The van der Waals surface area contributed by atoms with Crippen LogP contribution in [0.4, 0.5) is 0 Å². The van der Waals surface area contributed by atoms with Gasteiger partial charge in [-0.25, -0.2) is 0 Å². The van der Waals surface area contributed by atoms with Crippen LogP contribution in [0.5, 0.6) is 0 Å². The maximum absolute atomic E-state index is 13.0. The number of hydrogen-bond donors (Lipinski definition) is 0. The Bertz CT molecular complexity index is 756. The van der Waals surface area contributed by atoms with Gasteiger partial charge in [0.1, 0.15) is 0 Å². The molecular formula is C22H23NO2. The van der Waals surface area contributed by atoms with Crippen molar-refractivity contribution < 1.29 is 9.59 Å². The van der Waals surface area contributed by atoms with E-state index in [1.807, 2.05) is 53.4 Å². The fourth-order valence-electron chi connectivity index (χ4n) is 4.53. The van der Waals surface area contributed by atoms with Gasteiger partial charge in [0.25, 0.3) is 0 Å². The molecule has 2 aromatic carbocycles. The van der Waals surface area contributed by atoms with Crippen molar-refractivity contribution in [3.8, 4) is 0 Å². The lowest BCUT2D eigenvalue weighted by Crippen LogP contribution is -2.56. The Morgan fingerprint density at radius 3 is 2.32 bits per heavy atom. The molecular weight excluding hydrogens is 310 g/mol. The monoisotopic (exact) mass is 333 g/mol. The molecule has 0 radical (unpaired) electrons. The van der Waals surface area contributed by atoms with Crippen molar-refractivity contribution in [2.24, 2.45) is 5.92 Å². The molecule has 3 nitrogen and oxygen atoms in total. The highest BCUT2D eigenvalue weighted by Gasteiger charge is 2.47. The van der Waals surface area contributed by atoms with E-state index in [0.29, 0.717) is 19.4 Å². The number of amides is 1. The molecule has 25 heavy (non-hydrogen) atoms. The number of carbonyl (C=O) groups is 2. The third-order valence-corrected chi connectivity index (χ3v) is 5.69. The molecule has 3 unspecified atom stereocenters. The molecule has 0 spiro atoms. The summed E-state index contributed by atoms with van der Waals surface area (Å²) in [6, 6.07) is 20.0. The van der Waals surface area contributed by atoms with Crippen molar-refractivity contribution in [3.63, 3.8) is 0 Å². The Balaban J connectivity index is 1.66. The number of benzene rings is 2. The van der Waals surface area contributed by atoms with Crippen LogP contribution in [0.3, 0.4) is 0 Å². The Morgan fingerprint density at radius 2 is 1.60 bits per heavy atom. The lowest BCUT2D eigenvalue weighted by atomic mass is 9.68. The first kappa shape index (κ1) is 16.1. The van der Waals surface area contributed by atoms with Crippen LogP contribution in [0.1, 0.15) is 42.7 Å². The van der Waals surface area contributed by atoms with Crippen LogP contribution < -0.4 is 0 Å². The highest BCUT2D eigenvalue weighted by Crippen LogP contribution is 2.43. The van der Waals surface area contributed by atoms with E-state index < -0.39 is 0 Å². The van der Waals surface area contributed by atoms with E-state index in [-0.39, 0.29) is 29.6 Å². The van der Waals surface area contributed by atoms with E-state index >= 15 is 0 Å². The van der Waals surface area contributed by atoms with Crippen LogP contribution >= 0.6 is 0 Å². The van der Waals surface area contributed by atoms with Crippen LogP contribution in [0.2, 0.25) is 0 Å². The molecule has 3 heteroatoms. The number of carbonyl (C=O) groups excluding carboxylic acids is 2. The summed E-state index contributed by atoms with van der Waals surface area (Å²) < 4.78 is 0. The van der Waals surface area contributed by atoms with Crippen LogP contribution in [-0.2, 0) is 16.1 Å². The fourth-order valence-corrected chi connectivity index (χ4v) is 4.53. The fraction of sp³-hybridized carbons (Fsp3) is 0.364. The SMILES string of the molecule is O=C1CCCC2C(c3ccccc3)CC(=O)N(Cc3ccccc3)C12. The number of nitrogens with zero attached hydrogens (tertiary/aromatic N) is 1. The van der Waals surface area contributed by atoms with Crippen LogP contribution in [0, 0.1) is 5.92 Å². The normalized spacial score (nSPS) is 26.4. The zero-order valence-corrected chi connectivity index (χ0v) is 14.3. The molecule has 0 bridgehead atoms. The number of hydrogen-bond acceptors (Lipinski definition) is 2. The number of Topliss-reactive ketones (excluding diaryl/α,β-unsaturated/α-hetero) is 1. The third kappa shape index (κ3) is 3.11. The van der Waals surface area contributed by atoms with Crippen molar-refractivity contribution in [3.05, 3.63) is 71.8 Å².